The Kier molecular flexibility index (Phi) is 2.58. The maximum Gasteiger partial charge on any atom is 0.192 e. The van der Waals surface area contributed by atoms with Crippen molar-refractivity contribution in [2.45, 2.75) is 48.7 Å². The number of oxazole rings is 1. The molecular formula is C15H17NO4S. The first-order chi connectivity index (χ1) is 9.88. The molecule has 2 aliphatic heterocycles. The molecule has 21 heavy (non-hydrogen) atoms. The van der Waals surface area contributed by atoms with Crippen LogP contribution in [0.1, 0.15) is 37.1 Å². The lowest BCUT2D eigenvalue weighted by molar-refractivity contribution is 0.0174. The van der Waals surface area contributed by atoms with Gasteiger partial charge in [-0.3, -0.25) is 0 Å². The van der Waals surface area contributed by atoms with E-state index in [0.29, 0.717) is 29.8 Å². The molecule has 2 aliphatic rings. The summed E-state index contributed by atoms with van der Waals surface area (Å²) in [5.41, 5.74) is 1.07. The second kappa shape index (κ2) is 4.08. The van der Waals surface area contributed by atoms with Gasteiger partial charge in [0.25, 0.3) is 0 Å². The predicted molar refractivity (Wildman–Crippen MR) is 77.6 cm³/mol. The zero-order valence-corrected chi connectivity index (χ0v) is 12.6. The van der Waals surface area contributed by atoms with E-state index in [4.69, 9.17) is 4.42 Å². The van der Waals surface area contributed by atoms with Gasteiger partial charge in [0, 0.05) is 6.92 Å². The van der Waals surface area contributed by atoms with Crippen LogP contribution in [0.25, 0.3) is 11.1 Å². The Morgan fingerprint density at radius 1 is 1.29 bits per heavy atom. The van der Waals surface area contributed by atoms with Gasteiger partial charge >= 0.3 is 0 Å². The second-order valence-corrected chi connectivity index (χ2v) is 8.78. The van der Waals surface area contributed by atoms with Crippen LogP contribution in [0.4, 0.5) is 0 Å². The average Bonchev–Trinajstić information content (AvgIpc) is 2.82. The van der Waals surface area contributed by atoms with Gasteiger partial charge in [-0.25, -0.2) is 13.4 Å². The minimum Gasteiger partial charge on any atom is -0.441 e. The van der Waals surface area contributed by atoms with E-state index >= 15 is 0 Å². The maximum absolute atomic E-state index is 12.2. The topological polar surface area (TPSA) is 80.4 Å². The maximum atomic E-state index is 12.2. The molecule has 5 nitrogen and oxygen atoms in total. The Hall–Kier alpha value is -1.40. The highest BCUT2D eigenvalue weighted by Gasteiger charge is 2.53. The van der Waals surface area contributed by atoms with E-state index < -0.39 is 25.9 Å². The van der Waals surface area contributed by atoms with Crippen LogP contribution >= 0.6 is 0 Å². The summed E-state index contributed by atoms with van der Waals surface area (Å²) in [6.07, 6.45) is 1.91. The molecule has 0 aliphatic carbocycles. The van der Waals surface area contributed by atoms with Crippen LogP contribution in [-0.2, 0) is 15.4 Å². The monoisotopic (exact) mass is 307 g/mol. The summed E-state index contributed by atoms with van der Waals surface area (Å²) in [6, 6.07) is 5.45. The quantitative estimate of drug-likeness (QED) is 0.872. The predicted octanol–water partition coefficient (Wildman–Crippen LogP) is 2.06. The third kappa shape index (κ3) is 1.85. The smallest absolute Gasteiger partial charge is 0.192 e. The van der Waals surface area contributed by atoms with Crippen LogP contribution in [-0.4, -0.2) is 29.0 Å². The Labute approximate surface area is 122 Å². The lowest BCUT2D eigenvalue weighted by Gasteiger charge is -2.36. The molecule has 2 aromatic rings. The van der Waals surface area contributed by atoms with Gasteiger partial charge in [-0.15, -0.1) is 0 Å². The number of aromatic nitrogens is 1. The summed E-state index contributed by atoms with van der Waals surface area (Å²) in [6.45, 7) is 1.78. The molecule has 2 fully saturated rings. The lowest BCUT2D eigenvalue weighted by atomic mass is 9.86. The molecule has 0 saturated carbocycles. The summed E-state index contributed by atoms with van der Waals surface area (Å²) >= 11 is 0. The molecule has 1 N–H and O–H groups in total. The van der Waals surface area contributed by atoms with Crippen molar-refractivity contribution in [2.75, 3.05) is 0 Å². The van der Waals surface area contributed by atoms with Crippen molar-refractivity contribution in [3.05, 3.63) is 29.7 Å². The van der Waals surface area contributed by atoms with Gasteiger partial charge in [-0.2, -0.15) is 0 Å². The first-order valence-corrected chi connectivity index (χ1v) is 8.82. The summed E-state index contributed by atoms with van der Waals surface area (Å²) in [5.74, 6) is 0.584. The zero-order chi connectivity index (χ0) is 14.8. The van der Waals surface area contributed by atoms with E-state index in [1.165, 1.54) is 0 Å². The Morgan fingerprint density at radius 3 is 2.62 bits per heavy atom. The van der Waals surface area contributed by atoms with Gasteiger partial charge in [0.1, 0.15) is 5.52 Å². The molecule has 0 amide bonds. The summed E-state index contributed by atoms with van der Waals surface area (Å²) in [5, 5.41) is 10.2. The van der Waals surface area contributed by atoms with Crippen molar-refractivity contribution in [3.8, 4) is 0 Å². The molecule has 1 aromatic carbocycles. The number of aryl methyl sites for hydroxylation is 1. The molecule has 2 bridgehead atoms. The fraction of sp³-hybridized carbons (Fsp3) is 0.533. The molecule has 2 saturated heterocycles. The van der Waals surface area contributed by atoms with Crippen LogP contribution in [0.5, 0.6) is 0 Å². The molecule has 6 heteroatoms. The average molecular weight is 307 g/mol. The Balaban J connectivity index is 1.77. The fourth-order valence-corrected chi connectivity index (χ4v) is 6.30. The SMILES string of the molecule is Cc1nc2cc(C3(O)CC4CCC(C3)S4(=O)=O)ccc2o1. The second-order valence-electron chi connectivity index (χ2n) is 6.27. The molecule has 0 radical (unpaired) electrons. The highest BCUT2D eigenvalue weighted by atomic mass is 32.2. The minimum atomic E-state index is -3.04. The van der Waals surface area contributed by atoms with E-state index in [2.05, 4.69) is 4.98 Å². The number of aliphatic hydroxyl groups is 1. The summed E-state index contributed by atoms with van der Waals surface area (Å²) < 4.78 is 29.8. The molecule has 4 rings (SSSR count). The van der Waals surface area contributed by atoms with Gasteiger partial charge in [0.15, 0.2) is 21.3 Å². The number of rotatable bonds is 1. The van der Waals surface area contributed by atoms with Gasteiger partial charge in [-0.05, 0) is 43.4 Å². The normalized spacial score (nSPS) is 34.4. The third-order valence-electron chi connectivity index (χ3n) is 4.90. The van der Waals surface area contributed by atoms with Crippen LogP contribution < -0.4 is 0 Å². The molecule has 112 valence electrons. The van der Waals surface area contributed by atoms with Crippen molar-refractivity contribution in [1.82, 2.24) is 4.98 Å². The van der Waals surface area contributed by atoms with Gasteiger partial charge in [-0.1, -0.05) is 6.07 Å². The van der Waals surface area contributed by atoms with Crippen LogP contribution in [0.2, 0.25) is 0 Å². The number of fused-ring (bicyclic) bond motifs is 3. The van der Waals surface area contributed by atoms with Crippen molar-refractivity contribution >= 4 is 20.9 Å². The standard InChI is InChI=1S/C15H17NO4S/c1-9-16-13-6-10(2-5-14(13)20-9)15(17)7-11-3-4-12(8-15)21(11,18)19/h2,5-6,11-12,17H,3-4,7-8H2,1H3. The molecule has 0 spiro atoms. The molecule has 3 heterocycles. The first-order valence-electron chi connectivity index (χ1n) is 7.21. The van der Waals surface area contributed by atoms with E-state index in [1.54, 1.807) is 13.0 Å². The lowest BCUT2D eigenvalue weighted by Crippen LogP contribution is -2.43. The summed E-state index contributed by atoms with van der Waals surface area (Å²) in [7, 11) is -3.04. The van der Waals surface area contributed by atoms with Gasteiger partial charge in [0.05, 0.1) is 16.1 Å². The molecular weight excluding hydrogens is 290 g/mol. The van der Waals surface area contributed by atoms with E-state index in [-0.39, 0.29) is 12.8 Å². The van der Waals surface area contributed by atoms with Crippen molar-refractivity contribution in [2.24, 2.45) is 0 Å². The number of nitrogens with zero attached hydrogens (tertiary/aromatic N) is 1. The van der Waals surface area contributed by atoms with Crippen molar-refractivity contribution < 1.29 is 17.9 Å². The van der Waals surface area contributed by atoms with Gasteiger partial charge in [0.2, 0.25) is 0 Å². The highest BCUT2D eigenvalue weighted by molar-refractivity contribution is 7.93. The number of hydrogen-bond acceptors (Lipinski definition) is 5. The van der Waals surface area contributed by atoms with E-state index in [0.717, 1.165) is 5.56 Å². The molecule has 2 unspecified atom stereocenters. The van der Waals surface area contributed by atoms with Crippen LogP contribution in [0, 0.1) is 6.92 Å². The Morgan fingerprint density at radius 2 is 1.95 bits per heavy atom. The molecule has 1 aromatic heterocycles. The number of hydrogen-bond donors (Lipinski definition) is 1. The van der Waals surface area contributed by atoms with Gasteiger partial charge < -0.3 is 9.52 Å². The number of sulfone groups is 1. The fourth-order valence-electron chi connectivity index (χ4n) is 3.81. The summed E-state index contributed by atoms with van der Waals surface area (Å²) in [4.78, 5) is 4.29. The third-order valence-corrected chi connectivity index (χ3v) is 7.57. The number of benzene rings is 1. The van der Waals surface area contributed by atoms with E-state index in [1.807, 2.05) is 12.1 Å². The van der Waals surface area contributed by atoms with Crippen LogP contribution in [0.3, 0.4) is 0 Å². The van der Waals surface area contributed by atoms with E-state index in [9.17, 15) is 13.5 Å². The minimum absolute atomic E-state index is 0.286. The van der Waals surface area contributed by atoms with Crippen molar-refractivity contribution in [1.29, 1.82) is 0 Å². The zero-order valence-electron chi connectivity index (χ0n) is 11.7. The first kappa shape index (κ1) is 13.3. The molecule has 2 atom stereocenters. The highest BCUT2D eigenvalue weighted by Crippen LogP contribution is 2.47. The largest absolute Gasteiger partial charge is 0.441 e. The Bertz CT molecular complexity index is 803. The van der Waals surface area contributed by atoms with Crippen LogP contribution in [0.15, 0.2) is 22.6 Å². The van der Waals surface area contributed by atoms with Crippen molar-refractivity contribution in [3.63, 3.8) is 0 Å².